The van der Waals surface area contributed by atoms with Gasteiger partial charge in [-0.3, -0.25) is 14.9 Å². The second kappa shape index (κ2) is 7.05. The van der Waals surface area contributed by atoms with Crippen molar-refractivity contribution in [2.75, 3.05) is 0 Å². The molecule has 1 rings (SSSR count). The number of carbonyl (C=O) groups is 2. The van der Waals surface area contributed by atoms with Crippen molar-refractivity contribution in [2.24, 2.45) is 0 Å². The molecule has 0 bridgehead atoms. The van der Waals surface area contributed by atoms with Gasteiger partial charge in [0.15, 0.2) is 0 Å². The number of benzene rings is 1. The lowest BCUT2D eigenvalue weighted by Crippen LogP contribution is -2.46. The molecule has 1 amide bonds. The van der Waals surface area contributed by atoms with E-state index in [2.05, 4.69) is 10.6 Å². The summed E-state index contributed by atoms with van der Waals surface area (Å²) in [6, 6.07) is 8.59. The molecule has 0 saturated carbocycles. The molecule has 0 aliphatic carbocycles. The normalized spacial score (nSPS) is 12.8. The fraction of sp³-hybridized carbons (Fsp3) is 0.467. The summed E-state index contributed by atoms with van der Waals surface area (Å²) >= 11 is 0. The number of aliphatic carboxylic acids is 1. The Kier molecular flexibility index (Phi) is 5.70. The predicted octanol–water partition coefficient (Wildman–Crippen LogP) is 1.53. The molecule has 0 fully saturated rings. The van der Waals surface area contributed by atoms with Gasteiger partial charge in [0.05, 0.1) is 6.42 Å². The van der Waals surface area contributed by atoms with E-state index in [4.69, 9.17) is 5.11 Å². The molecule has 1 aromatic carbocycles. The second-order valence-corrected chi connectivity index (χ2v) is 5.76. The van der Waals surface area contributed by atoms with E-state index in [-0.39, 0.29) is 17.9 Å². The van der Waals surface area contributed by atoms with Gasteiger partial charge in [0.2, 0.25) is 5.91 Å². The third-order valence-electron chi connectivity index (χ3n) is 2.60. The van der Waals surface area contributed by atoms with E-state index in [9.17, 15) is 9.59 Å². The van der Waals surface area contributed by atoms with Crippen LogP contribution in [0.4, 0.5) is 0 Å². The molecule has 1 aromatic rings. The number of carboxylic acid groups (broad SMARTS) is 1. The first kappa shape index (κ1) is 16.2. The average molecular weight is 278 g/mol. The predicted molar refractivity (Wildman–Crippen MR) is 77.2 cm³/mol. The molecule has 0 saturated heterocycles. The molecule has 20 heavy (non-hydrogen) atoms. The van der Waals surface area contributed by atoms with Gasteiger partial charge in [-0.1, -0.05) is 30.3 Å². The number of carbonyl (C=O) groups excluding carboxylic acids is 1. The van der Waals surface area contributed by atoms with E-state index in [0.717, 1.165) is 5.56 Å². The summed E-state index contributed by atoms with van der Waals surface area (Å²) in [5.74, 6) is -1.30. The number of rotatable bonds is 6. The minimum atomic E-state index is -1.02. The van der Waals surface area contributed by atoms with Crippen LogP contribution >= 0.6 is 0 Å². The monoisotopic (exact) mass is 278 g/mol. The van der Waals surface area contributed by atoms with E-state index in [0.29, 0.717) is 6.54 Å². The van der Waals surface area contributed by atoms with Crippen LogP contribution in [0.25, 0.3) is 0 Å². The van der Waals surface area contributed by atoms with Gasteiger partial charge in [-0.2, -0.15) is 0 Å². The molecule has 5 nitrogen and oxygen atoms in total. The highest BCUT2D eigenvalue weighted by atomic mass is 16.4. The Morgan fingerprint density at radius 1 is 1.20 bits per heavy atom. The molecule has 5 heteroatoms. The molecule has 0 aromatic heterocycles. The average Bonchev–Trinajstić information content (AvgIpc) is 2.33. The van der Waals surface area contributed by atoms with Crippen molar-refractivity contribution in [1.82, 2.24) is 10.6 Å². The Morgan fingerprint density at radius 2 is 1.80 bits per heavy atom. The van der Waals surface area contributed by atoms with Crippen molar-refractivity contribution in [3.8, 4) is 0 Å². The quantitative estimate of drug-likeness (QED) is 0.737. The molecule has 0 aliphatic rings. The maximum absolute atomic E-state index is 11.8. The Hall–Kier alpha value is -1.88. The topological polar surface area (TPSA) is 78.4 Å². The number of nitrogens with one attached hydrogen (secondary N) is 2. The summed E-state index contributed by atoms with van der Waals surface area (Å²) in [4.78, 5) is 22.9. The molecule has 0 aliphatic heterocycles. The standard InChI is InChI=1S/C15H22N2O3/c1-15(2,3)17-13(18)9-12(14(19)20)16-10-11-7-5-4-6-8-11/h4-8,12,16H,9-10H2,1-3H3,(H,17,18)(H,19,20)/t12-/m0/s1. The molecular weight excluding hydrogens is 256 g/mol. The largest absolute Gasteiger partial charge is 0.480 e. The summed E-state index contributed by atoms with van der Waals surface area (Å²) in [7, 11) is 0. The van der Waals surface area contributed by atoms with E-state index >= 15 is 0 Å². The minimum absolute atomic E-state index is 0.0839. The van der Waals surface area contributed by atoms with Crippen LogP contribution < -0.4 is 10.6 Å². The lowest BCUT2D eigenvalue weighted by molar-refractivity contribution is -0.141. The van der Waals surface area contributed by atoms with E-state index < -0.39 is 12.0 Å². The lowest BCUT2D eigenvalue weighted by Gasteiger charge is -2.22. The summed E-state index contributed by atoms with van der Waals surface area (Å²) in [6.07, 6.45) is -0.0839. The Labute approximate surface area is 119 Å². The Morgan fingerprint density at radius 3 is 2.30 bits per heavy atom. The molecule has 110 valence electrons. The van der Waals surface area contributed by atoms with Crippen LogP contribution in [0.5, 0.6) is 0 Å². The minimum Gasteiger partial charge on any atom is -0.480 e. The van der Waals surface area contributed by atoms with E-state index in [1.807, 2.05) is 51.1 Å². The molecule has 1 atom stereocenters. The summed E-state index contributed by atoms with van der Waals surface area (Å²) < 4.78 is 0. The molecular formula is C15H22N2O3. The zero-order valence-corrected chi connectivity index (χ0v) is 12.1. The summed E-state index contributed by atoms with van der Waals surface area (Å²) in [5.41, 5.74) is 0.620. The fourth-order valence-electron chi connectivity index (χ4n) is 1.74. The van der Waals surface area contributed by atoms with Crippen LogP contribution in [0.15, 0.2) is 30.3 Å². The van der Waals surface area contributed by atoms with Gasteiger partial charge in [0.25, 0.3) is 0 Å². The van der Waals surface area contributed by atoms with Crippen LogP contribution in [0.3, 0.4) is 0 Å². The van der Waals surface area contributed by atoms with Crippen molar-refractivity contribution in [3.05, 3.63) is 35.9 Å². The molecule has 0 heterocycles. The van der Waals surface area contributed by atoms with Crippen LogP contribution in [0, 0.1) is 0 Å². The van der Waals surface area contributed by atoms with Gasteiger partial charge in [0.1, 0.15) is 6.04 Å². The number of hydrogen-bond donors (Lipinski definition) is 3. The number of carboxylic acids is 1. The second-order valence-electron chi connectivity index (χ2n) is 5.76. The summed E-state index contributed by atoms with van der Waals surface area (Å²) in [6.45, 7) is 5.99. The first-order valence-electron chi connectivity index (χ1n) is 6.59. The first-order chi connectivity index (χ1) is 9.28. The van der Waals surface area contributed by atoms with Crippen LogP contribution in [0.1, 0.15) is 32.8 Å². The van der Waals surface area contributed by atoms with Crippen molar-refractivity contribution in [3.63, 3.8) is 0 Å². The van der Waals surface area contributed by atoms with E-state index in [1.165, 1.54) is 0 Å². The smallest absolute Gasteiger partial charge is 0.321 e. The van der Waals surface area contributed by atoms with Gasteiger partial charge in [-0.15, -0.1) is 0 Å². The zero-order chi connectivity index (χ0) is 15.2. The highest BCUT2D eigenvalue weighted by Crippen LogP contribution is 2.03. The van der Waals surface area contributed by atoms with Gasteiger partial charge < -0.3 is 10.4 Å². The molecule has 3 N–H and O–H groups in total. The molecule has 0 unspecified atom stereocenters. The van der Waals surface area contributed by atoms with Gasteiger partial charge in [-0.05, 0) is 26.3 Å². The highest BCUT2D eigenvalue weighted by molar-refractivity contribution is 5.84. The lowest BCUT2D eigenvalue weighted by atomic mass is 10.1. The molecule has 0 radical (unpaired) electrons. The zero-order valence-electron chi connectivity index (χ0n) is 12.1. The van der Waals surface area contributed by atoms with Gasteiger partial charge >= 0.3 is 5.97 Å². The first-order valence-corrected chi connectivity index (χ1v) is 6.59. The summed E-state index contributed by atoms with van der Waals surface area (Å²) in [5, 5.41) is 14.8. The van der Waals surface area contributed by atoms with Crippen molar-refractivity contribution < 1.29 is 14.7 Å². The maximum atomic E-state index is 11.8. The van der Waals surface area contributed by atoms with Crippen molar-refractivity contribution in [2.45, 2.75) is 45.3 Å². The van der Waals surface area contributed by atoms with Crippen LogP contribution in [0.2, 0.25) is 0 Å². The van der Waals surface area contributed by atoms with Gasteiger partial charge in [-0.25, -0.2) is 0 Å². The van der Waals surface area contributed by atoms with Crippen molar-refractivity contribution >= 4 is 11.9 Å². The number of amides is 1. The van der Waals surface area contributed by atoms with Crippen LogP contribution in [-0.2, 0) is 16.1 Å². The van der Waals surface area contributed by atoms with E-state index in [1.54, 1.807) is 0 Å². The third-order valence-corrected chi connectivity index (χ3v) is 2.60. The number of hydrogen-bond acceptors (Lipinski definition) is 3. The fourth-order valence-corrected chi connectivity index (χ4v) is 1.74. The Balaban J connectivity index is 2.53. The molecule has 0 spiro atoms. The van der Waals surface area contributed by atoms with Crippen LogP contribution in [-0.4, -0.2) is 28.6 Å². The van der Waals surface area contributed by atoms with Crippen molar-refractivity contribution in [1.29, 1.82) is 0 Å². The highest BCUT2D eigenvalue weighted by Gasteiger charge is 2.23. The maximum Gasteiger partial charge on any atom is 0.321 e. The SMILES string of the molecule is CC(C)(C)NC(=O)C[C@H](NCc1ccccc1)C(=O)O. The Bertz CT molecular complexity index is 452. The third kappa shape index (κ3) is 6.33. The van der Waals surface area contributed by atoms with Gasteiger partial charge in [0, 0.05) is 12.1 Å².